The van der Waals surface area contributed by atoms with Crippen molar-refractivity contribution in [2.75, 3.05) is 6.54 Å². The van der Waals surface area contributed by atoms with E-state index in [4.69, 9.17) is 0 Å². The van der Waals surface area contributed by atoms with Crippen LogP contribution in [0.4, 0.5) is 0 Å². The van der Waals surface area contributed by atoms with Gasteiger partial charge < -0.3 is 4.90 Å². The predicted molar refractivity (Wildman–Crippen MR) is 64.9 cm³/mol. The van der Waals surface area contributed by atoms with Crippen LogP contribution in [-0.4, -0.2) is 17.7 Å². The van der Waals surface area contributed by atoms with Gasteiger partial charge >= 0.3 is 0 Å². The van der Waals surface area contributed by atoms with E-state index in [1.54, 1.807) is 0 Å². The summed E-state index contributed by atoms with van der Waals surface area (Å²) >= 11 is 0. The van der Waals surface area contributed by atoms with E-state index < -0.39 is 0 Å². The molecule has 84 valence electrons. The van der Waals surface area contributed by atoms with E-state index >= 15 is 0 Å². The second-order valence-corrected chi connectivity index (χ2v) is 4.24. The Morgan fingerprint density at radius 2 is 2.06 bits per heavy atom. The molecule has 2 rings (SSSR count). The van der Waals surface area contributed by atoms with Crippen molar-refractivity contribution < 1.29 is 4.79 Å². The van der Waals surface area contributed by atoms with Gasteiger partial charge in [-0.15, -0.1) is 0 Å². The molecular formula is C14H17NO. The Labute approximate surface area is 96.6 Å². The molecule has 0 atom stereocenters. The number of hydrogen-bond donors (Lipinski definition) is 0. The van der Waals surface area contributed by atoms with Crippen molar-refractivity contribution in [3.63, 3.8) is 0 Å². The van der Waals surface area contributed by atoms with E-state index in [9.17, 15) is 4.79 Å². The van der Waals surface area contributed by atoms with Crippen LogP contribution in [0, 0.1) is 0 Å². The number of carbonyl (C=O) groups excluding carboxylic acids is 1. The third kappa shape index (κ3) is 2.32. The molecule has 0 aromatic heterocycles. The summed E-state index contributed by atoms with van der Waals surface area (Å²) in [5.41, 5.74) is 3.40. The third-order valence-corrected chi connectivity index (χ3v) is 3.17. The molecule has 0 radical (unpaired) electrons. The largest absolute Gasteiger partial charge is 0.370 e. The Kier molecular flexibility index (Phi) is 3.40. The van der Waals surface area contributed by atoms with Crippen LogP contribution in [0.25, 0.3) is 0 Å². The van der Waals surface area contributed by atoms with Gasteiger partial charge in [-0.3, -0.25) is 4.79 Å². The first kappa shape index (κ1) is 10.9. The van der Waals surface area contributed by atoms with Crippen LogP contribution in [0.15, 0.2) is 41.6 Å². The first-order chi connectivity index (χ1) is 7.81. The zero-order chi connectivity index (χ0) is 11.4. The molecule has 0 bridgehead atoms. The molecule has 0 N–H and O–H groups in total. The van der Waals surface area contributed by atoms with Gasteiger partial charge in [-0.05, 0) is 25.3 Å². The average Bonchev–Trinajstić information content (AvgIpc) is 2.33. The van der Waals surface area contributed by atoms with Gasteiger partial charge in [0, 0.05) is 24.4 Å². The summed E-state index contributed by atoms with van der Waals surface area (Å²) in [5.74, 6) is 0. The second-order valence-electron chi connectivity index (χ2n) is 4.24. The fourth-order valence-corrected chi connectivity index (χ4v) is 2.16. The van der Waals surface area contributed by atoms with Gasteiger partial charge in [0.15, 0.2) is 0 Å². The van der Waals surface area contributed by atoms with Gasteiger partial charge in [-0.25, -0.2) is 0 Å². The van der Waals surface area contributed by atoms with Crippen LogP contribution in [-0.2, 0) is 11.3 Å². The van der Waals surface area contributed by atoms with Crippen LogP contribution >= 0.6 is 0 Å². The topological polar surface area (TPSA) is 20.3 Å². The maximum absolute atomic E-state index is 10.9. The molecule has 0 fully saturated rings. The van der Waals surface area contributed by atoms with Crippen LogP contribution in [0.1, 0.15) is 25.3 Å². The molecule has 1 aromatic rings. The monoisotopic (exact) mass is 215 g/mol. The van der Waals surface area contributed by atoms with Crippen molar-refractivity contribution in [1.29, 1.82) is 0 Å². The number of rotatable bonds is 3. The van der Waals surface area contributed by atoms with Gasteiger partial charge in [-0.1, -0.05) is 30.3 Å². The van der Waals surface area contributed by atoms with Crippen molar-refractivity contribution in [2.24, 2.45) is 0 Å². The van der Waals surface area contributed by atoms with Gasteiger partial charge in [0.1, 0.15) is 6.29 Å². The van der Waals surface area contributed by atoms with E-state index in [1.165, 1.54) is 5.56 Å². The van der Waals surface area contributed by atoms with Crippen LogP contribution in [0.3, 0.4) is 0 Å². The minimum Gasteiger partial charge on any atom is -0.370 e. The second kappa shape index (κ2) is 4.97. The SMILES string of the molecule is CC1=C(C=O)CCCN1Cc1ccccc1. The summed E-state index contributed by atoms with van der Waals surface area (Å²) in [5, 5.41) is 0. The van der Waals surface area contributed by atoms with Gasteiger partial charge in [-0.2, -0.15) is 0 Å². The average molecular weight is 215 g/mol. The van der Waals surface area contributed by atoms with E-state index in [2.05, 4.69) is 29.2 Å². The van der Waals surface area contributed by atoms with Crippen molar-refractivity contribution in [2.45, 2.75) is 26.3 Å². The van der Waals surface area contributed by atoms with Crippen LogP contribution in [0.2, 0.25) is 0 Å². The van der Waals surface area contributed by atoms with Crippen molar-refractivity contribution in [3.8, 4) is 0 Å². The molecule has 0 amide bonds. The Bertz CT molecular complexity index is 394. The summed E-state index contributed by atoms with van der Waals surface area (Å²) in [7, 11) is 0. The standard InChI is InChI=1S/C14H17NO/c1-12-14(11-16)8-5-9-15(12)10-13-6-3-2-4-7-13/h2-4,6-7,11H,5,8-10H2,1H3. The van der Waals surface area contributed by atoms with Crippen molar-refractivity contribution in [1.82, 2.24) is 4.90 Å². The zero-order valence-corrected chi connectivity index (χ0v) is 9.65. The molecule has 0 spiro atoms. The number of aldehydes is 1. The lowest BCUT2D eigenvalue weighted by atomic mass is 10.0. The lowest BCUT2D eigenvalue weighted by Crippen LogP contribution is -2.27. The third-order valence-electron chi connectivity index (χ3n) is 3.17. The molecule has 0 aliphatic carbocycles. The first-order valence-corrected chi connectivity index (χ1v) is 5.75. The number of benzene rings is 1. The normalized spacial score (nSPS) is 16.4. The van der Waals surface area contributed by atoms with E-state index in [-0.39, 0.29) is 0 Å². The molecule has 16 heavy (non-hydrogen) atoms. The van der Waals surface area contributed by atoms with Gasteiger partial charge in [0.2, 0.25) is 0 Å². The quantitative estimate of drug-likeness (QED) is 0.723. The lowest BCUT2D eigenvalue weighted by molar-refractivity contribution is -0.105. The maximum Gasteiger partial charge on any atom is 0.147 e. The molecule has 0 saturated heterocycles. The molecule has 1 aliphatic heterocycles. The van der Waals surface area contributed by atoms with Crippen LogP contribution in [0.5, 0.6) is 0 Å². The number of allylic oxidation sites excluding steroid dienone is 2. The highest BCUT2D eigenvalue weighted by Crippen LogP contribution is 2.22. The van der Waals surface area contributed by atoms with Crippen molar-refractivity contribution in [3.05, 3.63) is 47.2 Å². The number of hydrogen-bond acceptors (Lipinski definition) is 2. The molecular weight excluding hydrogens is 198 g/mol. The fourth-order valence-electron chi connectivity index (χ4n) is 2.16. The summed E-state index contributed by atoms with van der Waals surface area (Å²) in [6, 6.07) is 10.4. The summed E-state index contributed by atoms with van der Waals surface area (Å²) in [6.45, 7) is 4.01. The first-order valence-electron chi connectivity index (χ1n) is 5.75. The highest BCUT2D eigenvalue weighted by atomic mass is 16.1. The molecule has 1 aliphatic rings. The summed E-state index contributed by atoms with van der Waals surface area (Å²) < 4.78 is 0. The maximum atomic E-state index is 10.9. The minimum atomic E-state index is 0.907. The van der Waals surface area contributed by atoms with E-state index in [1.807, 2.05) is 13.0 Å². The Hall–Kier alpha value is -1.57. The summed E-state index contributed by atoms with van der Waals surface area (Å²) in [6.07, 6.45) is 3.02. The molecule has 0 saturated carbocycles. The molecule has 1 heterocycles. The van der Waals surface area contributed by atoms with Crippen molar-refractivity contribution >= 4 is 6.29 Å². The smallest absolute Gasteiger partial charge is 0.147 e. The van der Waals surface area contributed by atoms with Gasteiger partial charge in [0.25, 0.3) is 0 Å². The van der Waals surface area contributed by atoms with Gasteiger partial charge in [0.05, 0.1) is 0 Å². The molecule has 2 heteroatoms. The number of nitrogens with zero attached hydrogens (tertiary/aromatic N) is 1. The Morgan fingerprint density at radius 1 is 1.31 bits per heavy atom. The Morgan fingerprint density at radius 3 is 2.75 bits per heavy atom. The Balaban J connectivity index is 2.13. The lowest BCUT2D eigenvalue weighted by Gasteiger charge is -2.30. The highest BCUT2D eigenvalue weighted by Gasteiger charge is 2.15. The molecule has 2 nitrogen and oxygen atoms in total. The van der Waals surface area contributed by atoms with Crippen LogP contribution < -0.4 is 0 Å². The zero-order valence-electron chi connectivity index (χ0n) is 9.65. The molecule has 1 aromatic carbocycles. The molecule has 0 unspecified atom stereocenters. The van der Waals surface area contributed by atoms with E-state index in [0.717, 1.165) is 43.5 Å². The summed E-state index contributed by atoms with van der Waals surface area (Å²) in [4.78, 5) is 13.2. The minimum absolute atomic E-state index is 0.907. The number of carbonyl (C=O) groups is 1. The highest BCUT2D eigenvalue weighted by molar-refractivity contribution is 5.74. The van der Waals surface area contributed by atoms with E-state index in [0.29, 0.717) is 0 Å². The predicted octanol–water partition coefficient (Wildman–Crippen LogP) is 2.76. The fraction of sp³-hybridized carbons (Fsp3) is 0.357.